The minimum atomic E-state index is 0.0555. The lowest BCUT2D eigenvalue weighted by Crippen LogP contribution is -2.24. The second-order valence-electron chi connectivity index (χ2n) is 4.54. The normalized spacial score (nSPS) is 13.2. The summed E-state index contributed by atoms with van der Waals surface area (Å²) < 4.78 is 5.14. The molecule has 0 aromatic carbocycles. The Bertz CT molecular complexity index is 448. The lowest BCUT2D eigenvalue weighted by molar-refractivity contribution is 0.359. The van der Waals surface area contributed by atoms with Gasteiger partial charge >= 0.3 is 0 Å². The summed E-state index contributed by atoms with van der Waals surface area (Å²) in [5.74, 6) is 2.21. The molecule has 17 heavy (non-hydrogen) atoms. The van der Waals surface area contributed by atoms with Crippen LogP contribution in [0.1, 0.15) is 26.2 Å². The predicted molar refractivity (Wildman–Crippen MR) is 63.0 cm³/mol. The first-order valence-electron chi connectivity index (χ1n) is 5.73. The highest BCUT2D eigenvalue weighted by molar-refractivity contribution is 5.40. The molecule has 1 atom stereocenters. The van der Waals surface area contributed by atoms with Crippen molar-refractivity contribution in [1.82, 2.24) is 20.1 Å². The van der Waals surface area contributed by atoms with Crippen molar-refractivity contribution >= 4 is 0 Å². The highest BCUT2D eigenvalue weighted by Crippen LogP contribution is 2.12. The van der Waals surface area contributed by atoms with Gasteiger partial charge in [-0.3, -0.25) is 0 Å². The predicted octanol–water partition coefficient (Wildman–Crippen LogP) is 1.38. The van der Waals surface area contributed by atoms with Crippen LogP contribution in [0.25, 0.3) is 11.6 Å². The maximum atomic E-state index is 5.98. The number of imidazole rings is 1. The fourth-order valence-corrected chi connectivity index (χ4v) is 1.73. The SMILES string of the molecule is CC(C)CC(N)Cc1nc(-c2ncc[nH]2)no1. The minimum Gasteiger partial charge on any atom is -0.342 e. The molecule has 0 fully saturated rings. The Morgan fingerprint density at radius 3 is 2.94 bits per heavy atom. The summed E-state index contributed by atoms with van der Waals surface area (Å²) in [6.45, 7) is 4.28. The van der Waals surface area contributed by atoms with Crippen molar-refractivity contribution < 1.29 is 4.52 Å². The third-order valence-corrected chi connectivity index (χ3v) is 2.39. The Labute approximate surface area is 99.6 Å². The Balaban J connectivity index is 1.99. The number of hydrogen-bond acceptors (Lipinski definition) is 5. The largest absolute Gasteiger partial charge is 0.342 e. The first-order valence-corrected chi connectivity index (χ1v) is 5.73. The quantitative estimate of drug-likeness (QED) is 0.816. The Kier molecular flexibility index (Phi) is 3.53. The van der Waals surface area contributed by atoms with Crippen LogP contribution in [0.5, 0.6) is 0 Å². The van der Waals surface area contributed by atoms with Gasteiger partial charge in [-0.2, -0.15) is 4.98 Å². The third-order valence-electron chi connectivity index (χ3n) is 2.39. The van der Waals surface area contributed by atoms with E-state index in [1.165, 1.54) is 0 Å². The van der Waals surface area contributed by atoms with Crippen LogP contribution in [-0.4, -0.2) is 26.2 Å². The zero-order valence-electron chi connectivity index (χ0n) is 10.1. The molecule has 0 saturated heterocycles. The van der Waals surface area contributed by atoms with E-state index in [1.807, 2.05) is 0 Å². The highest BCUT2D eigenvalue weighted by Gasteiger charge is 2.14. The Morgan fingerprint density at radius 2 is 2.29 bits per heavy atom. The molecule has 0 saturated carbocycles. The van der Waals surface area contributed by atoms with Gasteiger partial charge in [0.1, 0.15) is 0 Å². The summed E-state index contributed by atoms with van der Waals surface area (Å²) in [5, 5.41) is 3.86. The van der Waals surface area contributed by atoms with Crippen LogP contribution in [0.3, 0.4) is 0 Å². The van der Waals surface area contributed by atoms with Crippen molar-refractivity contribution in [3.05, 3.63) is 18.3 Å². The molecule has 6 heteroatoms. The van der Waals surface area contributed by atoms with Crippen molar-refractivity contribution in [1.29, 1.82) is 0 Å². The summed E-state index contributed by atoms with van der Waals surface area (Å²) in [6, 6.07) is 0.0555. The topological polar surface area (TPSA) is 93.6 Å². The average Bonchev–Trinajstić information content (AvgIpc) is 2.84. The fraction of sp³-hybridized carbons (Fsp3) is 0.545. The molecule has 2 heterocycles. The number of nitrogens with zero attached hydrogens (tertiary/aromatic N) is 3. The monoisotopic (exact) mass is 235 g/mol. The smallest absolute Gasteiger partial charge is 0.238 e. The molecule has 0 aliphatic rings. The minimum absolute atomic E-state index is 0.0555. The van der Waals surface area contributed by atoms with Gasteiger partial charge in [0.2, 0.25) is 11.7 Å². The van der Waals surface area contributed by atoms with E-state index in [0.29, 0.717) is 29.9 Å². The molecule has 2 rings (SSSR count). The summed E-state index contributed by atoms with van der Waals surface area (Å²) >= 11 is 0. The molecular weight excluding hydrogens is 218 g/mol. The summed E-state index contributed by atoms with van der Waals surface area (Å²) in [6.07, 6.45) is 4.91. The van der Waals surface area contributed by atoms with E-state index in [1.54, 1.807) is 12.4 Å². The zero-order chi connectivity index (χ0) is 12.3. The highest BCUT2D eigenvalue weighted by atomic mass is 16.5. The molecule has 0 aliphatic heterocycles. The standard InChI is InChI=1S/C11H17N5O/c1-7(2)5-8(12)6-9-15-11(16-17-9)10-13-3-4-14-10/h3-4,7-8H,5-6,12H2,1-2H3,(H,13,14). The van der Waals surface area contributed by atoms with E-state index in [4.69, 9.17) is 10.3 Å². The molecule has 0 bridgehead atoms. The van der Waals surface area contributed by atoms with E-state index in [9.17, 15) is 0 Å². The van der Waals surface area contributed by atoms with Crippen LogP contribution in [0.2, 0.25) is 0 Å². The average molecular weight is 235 g/mol. The van der Waals surface area contributed by atoms with Gasteiger partial charge in [-0.1, -0.05) is 19.0 Å². The van der Waals surface area contributed by atoms with E-state index in [0.717, 1.165) is 6.42 Å². The van der Waals surface area contributed by atoms with Gasteiger partial charge < -0.3 is 15.2 Å². The molecule has 3 N–H and O–H groups in total. The van der Waals surface area contributed by atoms with Crippen LogP contribution in [0, 0.1) is 5.92 Å². The van der Waals surface area contributed by atoms with Crippen LogP contribution in [0.15, 0.2) is 16.9 Å². The molecule has 2 aromatic heterocycles. The molecule has 0 amide bonds. The van der Waals surface area contributed by atoms with Gasteiger partial charge in [-0.15, -0.1) is 0 Å². The molecule has 2 aromatic rings. The van der Waals surface area contributed by atoms with Crippen molar-refractivity contribution in [3.8, 4) is 11.6 Å². The number of H-pyrrole nitrogens is 1. The van der Waals surface area contributed by atoms with Crippen molar-refractivity contribution in [3.63, 3.8) is 0 Å². The van der Waals surface area contributed by atoms with E-state index in [2.05, 4.69) is 34.0 Å². The van der Waals surface area contributed by atoms with Crippen molar-refractivity contribution in [2.75, 3.05) is 0 Å². The first-order chi connectivity index (χ1) is 8.15. The Morgan fingerprint density at radius 1 is 1.47 bits per heavy atom. The van der Waals surface area contributed by atoms with Gasteiger partial charge in [0.05, 0.1) is 0 Å². The van der Waals surface area contributed by atoms with Crippen molar-refractivity contribution in [2.45, 2.75) is 32.7 Å². The maximum absolute atomic E-state index is 5.98. The van der Waals surface area contributed by atoms with Crippen LogP contribution in [0.4, 0.5) is 0 Å². The van der Waals surface area contributed by atoms with E-state index in [-0.39, 0.29) is 6.04 Å². The Hall–Kier alpha value is -1.69. The van der Waals surface area contributed by atoms with Gasteiger partial charge in [0, 0.05) is 24.9 Å². The molecule has 0 radical (unpaired) electrons. The third kappa shape index (κ3) is 3.13. The molecule has 0 spiro atoms. The molecule has 92 valence electrons. The number of nitrogens with two attached hydrogens (primary N) is 1. The molecule has 0 aliphatic carbocycles. The summed E-state index contributed by atoms with van der Waals surface area (Å²) in [7, 11) is 0. The first kappa shape index (κ1) is 11.8. The number of nitrogens with one attached hydrogen (secondary N) is 1. The summed E-state index contributed by atoms with van der Waals surface area (Å²) in [5.41, 5.74) is 5.98. The molecular formula is C11H17N5O. The lowest BCUT2D eigenvalue weighted by atomic mass is 10.0. The fourth-order valence-electron chi connectivity index (χ4n) is 1.73. The number of hydrogen-bond donors (Lipinski definition) is 2. The molecule has 1 unspecified atom stereocenters. The molecule has 6 nitrogen and oxygen atoms in total. The second-order valence-corrected chi connectivity index (χ2v) is 4.54. The maximum Gasteiger partial charge on any atom is 0.238 e. The number of aromatic amines is 1. The van der Waals surface area contributed by atoms with Gasteiger partial charge in [0.25, 0.3) is 0 Å². The van der Waals surface area contributed by atoms with Crippen LogP contribution < -0.4 is 5.73 Å². The van der Waals surface area contributed by atoms with Gasteiger partial charge in [-0.25, -0.2) is 4.98 Å². The van der Waals surface area contributed by atoms with Crippen LogP contribution >= 0.6 is 0 Å². The van der Waals surface area contributed by atoms with E-state index >= 15 is 0 Å². The lowest BCUT2D eigenvalue weighted by Gasteiger charge is -2.10. The zero-order valence-corrected chi connectivity index (χ0v) is 10.1. The van der Waals surface area contributed by atoms with Gasteiger partial charge in [-0.05, 0) is 12.3 Å². The van der Waals surface area contributed by atoms with Crippen LogP contribution in [-0.2, 0) is 6.42 Å². The number of rotatable bonds is 5. The van der Waals surface area contributed by atoms with Gasteiger partial charge in [0.15, 0.2) is 5.82 Å². The summed E-state index contributed by atoms with van der Waals surface area (Å²) in [4.78, 5) is 11.2. The van der Waals surface area contributed by atoms with E-state index < -0.39 is 0 Å². The number of aromatic nitrogens is 4. The van der Waals surface area contributed by atoms with Crippen molar-refractivity contribution in [2.24, 2.45) is 11.7 Å². The second kappa shape index (κ2) is 5.09.